The van der Waals surface area contributed by atoms with Crippen LogP contribution in [0.5, 0.6) is 0 Å². The minimum absolute atomic E-state index is 1.02. The predicted octanol–water partition coefficient (Wildman–Crippen LogP) is 6.40. The molecule has 2 heteroatoms. The first-order valence-electron chi connectivity index (χ1n) is 8.23. The molecule has 0 spiro atoms. The fourth-order valence-electron chi connectivity index (χ4n) is 2.87. The Morgan fingerprint density at radius 3 is 2.20 bits per heavy atom. The maximum Gasteiger partial charge on any atom is 0.0807 e. The third kappa shape index (κ3) is 3.44. The van der Waals surface area contributed by atoms with E-state index in [1.807, 2.05) is 24.4 Å². The summed E-state index contributed by atoms with van der Waals surface area (Å²) in [5, 5.41) is 2.14. The summed E-state index contributed by atoms with van der Waals surface area (Å²) >= 11 is 1.73. The lowest BCUT2D eigenvalue weighted by molar-refractivity contribution is 1.34. The Balaban J connectivity index is 1.89. The molecule has 4 rings (SSSR count). The van der Waals surface area contributed by atoms with Crippen LogP contribution in [0, 0.1) is 0 Å². The van der Waals surface area contributed by atoms with Gasteiger partial charge in [-0.05, 0) is 46.4 Å². The quantitative estimate of drug-likeness (QED) is 0.392. The van der Waals surface area contributed by atoms with Crippen LogP contribution in [0.3, 0.4) is 0 Å². The molecule has 0 fully saturated rings. The van der Waals surface area contributed by atoms with Crippen LogP contribution in [-0.2, 0) is 0 Å². The van der Waals surface area contributed by atoms with Crippen molar-refractivity contribution in [2.75, 3.05) is 0 Å². The van der Waals surface area contributed by atoms with Gasteiger partial charge in [0.25, 0.3) is 0 Å². The molecule has 0 N–H and O–H groups in total. The standard InChI is InChI=1S/C23H17NS/c1-3-9-18(10-4-1)17-21(19-11-5-2-6-12-19)20-14-16-25-23(20)22-13-7-8-15-24-22/h1-17H/b21-17+. The number of rotatable bonds is 4. The zero-order valence-electron chi connectivity index (χ0n) is 13.7. The van der Waals surface area contributed by atoms with E-state index in [-0.39, 0.29) is 0 Å². The van der Waals surface area contributed by atoms with E-state index in [2.05, 4.69) is 83.2 Å². The molecule has 2 aromatic heterocycles. The summed E-state index contributed by atoms with van der Waals surface area (Å²) < 4.78 is 0. The normalized spacial score (nSPS) is 11.4. The monoisotopic (exact) mass is 339 g/mol. The summed E-state index contributed by atoms with van der Waals surface area (Å²) in [5.41, 5.74) is 5.86. The molecule has 0 aliphatic carbocycles. The predicted molar refractivity (Wildman–Crippen MR) is 107 cm³/mol. The third-order valence-electron chi connectivity index (χ3n) is 4.05. The molecule has 0 atom stereocenters. The van der Waals surface area contributed by atoms with E-state index in [0.717, 1.165) is 5.69 Å². The highest BCUT2D eigenvalue weighted by Gasteiger charge is 2.14. The molecule has 0 amide bonds. The Morgan fingerprint density at radius 2 is 1.48 bits per heavy atom. The van der Waals surface area contributed by atoms with E-state index in [9.17, 15) is 0 Å². The van der Waals surface area contributed by atoms with Gasteiger partial charge < -0.3 is 0 Å². The first kappa shape index (κ1) is 15.6. The molecule has 0 aliphatic rings. The summed E-state index contributed by atoms with van der Waals surface area (Å²) in [7, 11) is 0. The second kappa shape index (κ2) is 7.29. The highest BCUT2D eigenvalue weighted by Crippen LogP contribution is 2.36. The number of hydrogen-bond donors (Lipinski definition) is 0. The molecular weight excluding hydrogens is 322 g/mol. The van der Waals surface area contributed by atoms with Gasteiger partial charge in [0.2, 0.25) is 0 Å². The fraction of sp³-hybridized carbons (Fsp3) is 0. The van der Waals surface area contributed by atoms with Crippen LogP contribution in [0.1, 0.15) is 16.7 Å². The highest BCUT2D eigenvalue weighted by atomic mass is 32.1. The Hall–Kier alpha value is -2.97. The van der Waals surface area contributed by atoms with E-state index in [0.29, 0.717) is 0 Å². The lowest BCUT2D eigenvalue weighted by Crippen LogP contribution is -1.90. The molecule has 25 heavy (non-hydrogen) atoms. The van der Waals surface area contributed by atoms with Gasteiger partial charge in [0, 0.05) is 11.8 Å². The van der Waals surface area contributed by atoms with E-state index in [4.69, 9.17) is 0 Å². The molecule has 0 unspecified atom stereocenters. The van der Waals surface area contributed by atoms with Gasteiger partial charge >= 0.3 is 0 Å². The molecule has 0 saturated heterocycles. The summed E-state index contributed by atoms with van der Waals surface area (Å²) in [6.07, 6.45) is 4.10. The lowest BCUT2D eigenvalue weighted by Gasteiger charge is -2.10. The summed E-state index contributed by atoms with van der Waals surface area (Å²) in [6, 6.07) is 29.3. The molecule has 0 bridgehead atoms. The number of aromatic nitrogens is 1. The van der Waals surface area contributed by atoms with Crippen molar-refractivity contribution in [1.29, 1.82) is 0 Å². The van der Waals surface area contributed by atoms with Crippen molar-refractivity contribution in [1.82, 2.24) is 4.98 Å². The third-order valence-corrected chi connectivity index (χ3v) is 4.99. The second-order valence-corrected chi connectivity index (χ2v) is 6.63. The Labute approximate surface area is 152 Å². The lowest BCUT2D eigenvalue weighted by atomic mass is 9.95. The Kier molecular flexibility index (Phi) is 4.53. The van der Waals surface area contributed by atoms with Gasteiger partial charge in [-0.2, -0.15) is 0 Å². The molecule has 120 valence electrons. The van der Waals surface area contributed by atoms with Gasteiger partial charge in [-0.25, -0.2) is 0 Å². The number of nitrogens with zero attached hydrogens (tertiary/aromatic N) is 1. The second-order valence-electron chi connectivity index (χ2n) is 5.71. The molecule has 2 heterocycles. The van der Waals surface area contributed by atoms with Crippen molar-refractivity contribution >= 4 is 23.0 Å². The summed E-state index contributed by atoms with van der Waals surface area (Å²) in [4.78, 5) is 5.75. The summed E-state index contributed by atoms with van der Waals surface area (Å²) in [5.74, 6) is 0. The van der Waals surface area contributed by atoms with E-state index < -0.39 is 0 Å². The van der Waals surface area contributed by atoms with Crippen LogP contribution < -0.4 is 0 Å². The van der Waals surface area contributed by atoms with E-state index >= 15 is 0 Å². The first-order valence-corrected chi connectivity index (χ1v) is 9.11. The molecular formula is C23H17NS. The van der Waals surface area contributed by atoms with Gasteiger partial charge in [0.15, 0.2) is 0 Å². The highest BCUT2D eigenvalue weighted by molar-refractivity contribution is 7.13. The van der Waals surface area contributed by atoms with Crippen molar-refractivity contribution < 1.29 is 0 Å². The molecule has 0 saturated carbocycles. The zero-order chi connectivity index (χ0) is 16.9. The number of thiophene rings is 1. The van der Waals surface area contributed by atoms with E-state index in [1.165, 1.54) is 27.1 Å². The molecule has 2 aromatic carbocycles. The van der Waals surface area contributed by atoms with Crippen molar-refractivity contribution in [3.63, 3.8) is 0 Å². The average Bonchev–Trinajstić information content (AvgIpc) is 3.18. The topological polar surface area (TPSA) is 12.9 Å². The zero-order valence-corrected chi connectivity index (χ0v) is 14.5. The molecule has 4 aromatic rings. The van der Waals surface area contributed by atoms with Crippen molar-refractivity contribution in [3.05, 3.63) is 113 Å². The van der Waals surface area contributed by atoms with Crippen LogP contribution in [0.25, 0.3) is 22.2 Å². The number of hydrogen-bond acceptors (Lipinski definition) is 2. The SMILES string of the molecule is C(=C(/c1ccccc1)c1ccsc1-c1ccccn1)/c1ccccc1. The maximum atomic E-state index is 4.55. The van der Waals surface area contributed by atoms with Gasteiger partial charge in [-0.15, -0.1) is 11.3 Å². The van der Waals surface area contributed by atoms with Crippen LogP contribution in [-0.4, -0.2) is 4.98 Å². The summed E-state index contributed by atoms with van der Waals surface area (Å²) in [6.45, 7) is 0. The fourth-order valence-corrected chi connectivity index (χ4v) is 3.75. The molecule has 0 radical (unpaired) electrons. The minimum Gasteiger partial charge on any atom is -0.255 e. The average molecular weight is 339 g/mol. The number of pyridine rings is 1. The van der Waals surface area contributed by atoms with Crippen LogP contribution in [0.4, 0.5) is 0 Å². The van der Waals surface area contributed by atoms with Crippen molar-refractivity contribution in [3.8, 4) is 10.6 Å². The first-order chi connectivity index (χ1) is 12.4. The largest absolute Gasteiger partial charge is 0.255 e. The van der Waals surface area contributed by atoms with Crippen molar-refractivity contribution in [2.45, 2.75) is 0 Å². The van der Waals surface area contributed by atoms with Gasteiger partial charge in [-0.1, -0.05) is 66.7 Å². The van der Waals surface area contributed by atoms with Crippen LogP contribution >= 0.6 is 11.3 Å². The smallest absolute Gasteiger partial charge is 0.0807 e. The van der Waals surface area contributed by atoms with Crippen LogP contribution in [0.15, 0.2) is 96.5 Å². The minimum atomic E-state index is 1.02. The molecule has 0 aliphatic heterocycles. The van der Waals surface area contributed by atoms with Gasteiger partial charge in [0.1, 0.15) is 0 Å². The number of benzene rings is 2. The Bertz CT molecular complexity index is 970. The van der Waals surface area contributed by atoms with E-state index in [1.54, 1.807) is 11.3 Å². The Morgan fingerprint density at radius 1 is 0.760 bits per heavy atom. The van der Waals surface area contributed by atoms with Gasteiger partial charge in [0.05, 0.1) is 10.6 Å². The van der Waals surface area contributed by atoms with Gasteiger partial charge in [-0.3, -0.25) is 4.98 Å². The maximum absolute atomic E-state index is 4.55. The molecule has 1 nitrogen and oxygen atoms in total. The van der Waals surface area contributed by atoms with Crippen LogP contribution in [0.2, 0.25) is 0 Å². The van der Waals surface area contributed by atoms with Crippen molar-refractivity contribution in [2.24, 2.45) is 0 Å².